The minimum Gasteiger partial charge on any atom is -0.273 e. The van der Waals surface area contributed by atoms with Crippen molar-refractivity contribution in [2.75, 3.05) is 4.90 Å². The van der Waals surface area contributed by atoms with Crippen molar-refractivity contribution in [2.45, 2.75) is 0 Å². The smallest absolute Gasteiger partial charge is 0.263 e. The van der Waals surface area contributed by atoms with Gasteiger partial charge in [-0.05, 0) is 42.0 Å². The van der Waals surface area contributed by atoms with Crippen molar-refractivity contribution in [3.8, 4) is 0 Å². The highest BCUT2D eigenvalue weighted by Gasteiger charge is 2.35. The molecule has 0 saturated heterocycles. The van der Waals surface area contributed by atoms with Gasteiger partial charge in [0.1, 0.15) is 0 Å². The van der Waals surface area contributed by atoms with Gasteiger partial charge in [0.25, 0.3) is 5.91 Å². The van der Waals surface area contributed by atoms with Crippen LogP contribution in [0.4, 0.5) is 11.4 Å². The molecule has 0 atom stereocenters. The van der Waals surface area contributed by atoms with Gasteiger partial charge in [-0.3, -0.25) is 9.69 Å². The van der Waals surface area contributed by atoms with E-state index in [4.69, 9.17) is 34.8 Å². The van der Waals surface area contributed by atoms with Crippen LogP contribution in [0.25, 0.3) is 11.6 Å². The number of anilines is 2. The van der Waals surface area contributed by atoms with E-state index in [1.807, 2.05) is 48.5 Å². The van der Waals surface area contributed by atoms with Gasteiger partial charge in [0.15, 0.2) is 0 Å². The van der Waals surface area contributed by atoms with E-state index < -0.39 is 0 Å². The van der Waals surface area contributed by atoms with E-state index in [1.165, 1.54) is 0 Å². The van der Waals surface area contributed by atoms with Gasteiger partial charge in [0.2, 0.25) is 0 Å². The molecule has 0 unspecified atom stereocenters. The number of carbonyl (C=O) groups is 1. The first kappa shape index (κ1) is 17.2. The topological polar surface area (TPSA) is 20.3 Å². The molecular weight excluding hydrogens is 389 g/mol. The molecule has 3 aromatic carbocycles. The van der Waals surface area contributed by atoms with Crippen LogP contribution in [-0.2, 0) is 4.79 Å². The Bertz CT molecular complexity index is 1040. The molecule has 0 N–H and O–H groups in total. The SMILES string of the molecule is O=C1/C(=C/c2cccc(Cl)c2)c2ccccc2N1c1c(Cl)cccc1Cl. The predicted octanol–water partition coefficient (Wildman–Crippen LogP) is 6.87. The van der Waals surface area contributed by atoms with Crippen molar-refractivity contribution in [3.63, 3.8) is 0 Å². The van der Waals surface area contributed by atoms with E-state index in [0.29, 0.717) is 26.3 Å². The molecule has 0 fully saturated rings. The molecule has 4 rings (SSSR count). The molecule has 0 bridgehead atoms. The lowest BCUT2D eigenvalue weighted by molar-refractivity contribution is -0.112. The summed E-state index contributed by atoms with van der Waals surface area (Å²) < 4.78 is 0. The summed E-state index contributed by atoms with van der Waals surface area (Å²) in [6.45, 7) is 0. The van der Waals surface area contributed by atoms with Crippen molar-refractivity contribution in [1.82, 2.24) is 0 Å². The van der Waals surface area contributed by atoms with Crippen molar-refractivity contribution in [3.05, 3.63) is 92.9 Å². The molecular formula is C21H12Cl3NO. The van der Waals surface area contributed by atoms with Crippen LogP contribution in [-0.4, -0.2) is 5.91 Å². The largest absolute Gasteiger partial charge is 0.273 e. The summed E-state index contributed by atoms with van der Waals surface area (Å²) in [6.07, 6.45) is 1.83. The Kier molecular flexibility index (Phi) is 4.49. The lowest BCUT2D eigenvalue weighted by Gasteiger charge is -2.20. The van der Waals surface area contributed by atoms with E-state index in [0.717, 1.165) is 16.8 Å². The standard InChI is InChI=1S/C21H12Cl3NO/c22-14-6-3-5-13(11-14)12-16-15-7-1-2-10-19(15)25(21(16)26)20-17(23)8-4-9-18(20)24/h1-12H/b16-12+. The van der Waals surface area contributed by atoms with E-state index in [1.54, 1.807) is 29.2 Å². The van der Waals surface area contributed by atoms with Gasteiger partial charge in [-0.25, -0.2) is 0 Å². The molecule has 0 saturated carbocycles. The summed E-state index contributed by atoms with van der Waals surface area (Å²) >= 11 is 18.8. The molecule has 1 aliphatic heterocycles. The second kappa shape index (κ2) is 6.81. The van der Waals surface area contributed by atoms with Gasteiger partial charge in [-0.1, -0.05) is 71.2 Å². The molecule has 128 valence electrons. The molecule has 3 aromatic rings. The second-order valence-electron chi connectivity index (χ2n) is 5.84. The summed E-state index contributed by atoms with van der Waals surface area (Å²) in [5.41, 5.74) is 3.48. The maximum absolute atomic E-state index is 13.3. The first-order chi connectivity index (χ1) is 12.6. The Hall–Kier alpha value is -2.26. The lowest BCUT2D eigenvalue weighted by Crippen LogP contribution is -2.21. The Balaban J connectivity index is 1.91. The van der Waals surface area contributed by atoms with Gasteiger partial charge in [0.05, 0.1) is 27.0 Å². The number of rotatable bonds is 2. The highest BCUT2D eigenvalue weighted by molar-refractivity contribution is 6.44. The Morgan fingerprint density at radius 2 is 1.50 bits per heavy atom. The normalized spacial score (nSPS) is 14.8. The Morgan fingerprint density at radius 1 is 0.808 bits per heavy atom. The Labute approximate surface area is 166 Å². The van der Waals surface area contributed by atoms with Crippen LogP contribution in [0.1, 0.15) is 11.1 Å². The van der Waals surface area contributed by atoms with Crippen molar-refractivity contribution in [2.24, 2.45) is 0 Å². The number of hydrogen-bond acceptors (Lipinski definition) is 1. The first-order valence-electron chi connectivity index (χ1n) is 7.91. The van der Waals surface area contributed by atoms with Gasteiger partial charge >= 0.3 is 0 Å². The minimum absolute atomic E-state index is 0.179. The molecule has 2 nitrogen and oxygen atoms in total. The van der Waals surface area contributed by atoms with E-state index in [2.05, 4.69) is 0 Å². The quantitative estimate of drug-likeness (QED) is 0.430. The van der Waals surface area contributed by atoms with Crippen LogP contribution in [0.2, 0.25) is 15.1 Å². The fraction of sp³-hybridized carbons (Fsp3) is 0. The minimum atomic E-state index is -0.179. The third-order valence-electron chi connectivity index (χ3n) is 4.19. The van der Waals surface area contributed by atoms with Crippen LogP contribution >= 0.6 is 34.8 Å². The number of nitrogens with zero attached hydrogens (tertiary/aromatic N) is 1. The highest BCUT2D eigenvalue weighted by atomic mass is 35.5. The number of amides is 1. The van der Waals surface area contributed by atoms with E-state index in [9.17, 15) is 4.79 Å². The fourth-order valence-electron chi connectivity index (χ4n) is 3.07. The van der Waals surface area contributed by atoms with E-state index in [-0.39, 0.29) is 5.91 Å². The van der Waals surface area contributed by atoms with Gasteiger partial charge in [0, 0.05) is 10.6 Å². The average Bonchev–Trinajstić information content (AvgIpc) is 2.88. The van der Waals surface area contributed by atoms with Crippen molar-refractivity contribution >= 4 is 63.7 Å². The highest BCUT2D eigenvalue weighted by Crippen LogP contribution is 2.46. The van der Waals surface area contributed by atoms with Crippen LogP contribution in [0.15, 0.2) is 66.7 Å². The first-order valence-corrected chi connectivity index (χ1v) is 9.05. The van der Waals surface area contributed by atoms with Crippen LogP contribution in [0.3, 0.4) is 0 Å². The monoisotopic (exact) mass is 399 g/mol. The molecule has 0 aromatic heterocycles. The average molecular weight is 401 g/mol. The van der Waals surface area contributed by atoms with Gasteiger partial charge < -0.3 is 0 Å². The predicted molar refractivity (Wildman–Crippen MR) is 109 cm³/mol. The number of benzene rings is 3. The number of hydrogen-bond donors (Lipinski definition) is 0. The zero-order chi connectivity index (χ0) is 18.3. The summed E-state index contributed by atoms with van der Waals surface area (Å²) in [7, 11) is 0. The summed E-state index contributed by atoms with van der Waals surface area (Å²) in [6, 6.07) is 20.1. The molecule has 0 aliphatic carbocycles. The molecule has 1 heterocycles. The molecule has 5 heteroatoms. The molecule has 26 heavy (non-hydrogen) atoms. The zero-order valence-corrected chi connectivity index (χ0v) is 15.7. The number of halogens is 3. The zero-order valence-electron chi connectivity index (χ0n) is 13.4. The van der Waals surface area contributed by atoms with Gasteiger partial charge in [-0.2, -0.15) is 0 Å². The summed E-state index contributed by atoms with van der Waals surface area (Å²) in [5, 5.41) is 1.46. The third-order valence-corrected chi connectivity index (χ3v) is 5.03. The maximum atomic E-state index is 13.3. The maximum Gasteiger partial charge on any atom is 0.263 e. The lowest BCUT2D eigenvalue weighted by atomic mass is 10.0. The third kappa shape index (κ3) is 2.90. The molecule has 1 aliphatic rings. The number of fused-ring (bicyclic) bond motifs is 1. The molecule has 0 spiro atoms. The Morgan fingerprint density at radius 3 is 2.23 bits per heavy atom. The number of carbonyl (C=O) groups excluding carboxylic acids is 1. The van der Waals surface area contributed by atoms with Crippen LogP contribution in [0, 0.1) is 0 Å². The number of para-hydroxylation sites is 2. The second-order valence-corrected chi connectivity index (χ2v) is 7.09. The van der Waals surface area contributed by atoms with Crippen molar-refractivity contribution in [1.29, 1.82) is 0 Å². The molecule has 0 radical (unpaired) electrons. The summed E-state index contributed by atoms with van der Waals surface area (Å²) in [4.78, 5) is 14.8. The van der Waals surface area contributed by atoms with Crippen LogP contribution < -0.4 is 4.90 Å². The van der Waals surface area contributed by atoms with E-state index >= 15 is 0 Å². The molecule has 1 amide bonds. The fourth-order valence-corrected chi connectivity index (χ4v) is 3.83. The summed E-state index contributed by atoms with van der Waals surface area (Å²) in [5.74, 6) is -0.179. The van der Waals surface area contributed by atoms with Crippen molar-refractivity contribution < 1.29 is 4.79 Å². The van der Waals surface area contributed by atoms with Gasteiger partial charge in [-0.15, -0.1) is 0 Å². The van der Waals surface area contributed by atoms with Crippen LogP contribution in [0.5, 0.6) is 0 Å².